The average molecular weight is 747 g/mol. The first-order valence-electron chi connectivity index (χ1n) is 16.9. The maximum absolute atomic E-state index is 13.9. The Morgan fingerprint density at radius 3 is 2.32 bits per heavy atom. The standard InChI is InChI=1S/C34H32F6N8O5/c1-19(48-11-6-24(43-48)31(7-8-31)33(35,36)37)26-42-25(44-53-26)23-15-45(16-30(23)17-46(18-30)29(52)32(9-10-32)34(38,39)40)27(49)21-12-41-47(14-21)13-20-4-2-3-5-22(20)28(50)51/h2-6,11-12,14,19,23H,7-10,13,15-18H2,1H3,(H,50,51). The second-order valence-electron chi connectivity index (χ2n) is 14.7. The molecule has 2 amide bonds. The van der Waals surface area contributed by atoms with Crippen LogP contribution in [0.3, 0.4) is 0 Å². The Bertz CT molecular complexity index is 2110. The van der Waals surface area contributed by atoms with E-state index in [-0.39, 0.29) is 86.9 Å². The van der Waals surface area contributed by atoms with Crippen molar-refractivity contribution in [2.75, 3.05) is 26.2 Å². The monoisotopic (exact) mass is 746 g/mol. The maximum Gasteiger partial charge on any atom is 0.403 e. The summed E-state index contributed by atoms with van der Waals surface area (Å²) in [5.41, 5.74) is -4.69. The van der Waals surface area contributed by atoms with Crippen molar-refractivity contribution in [3.63, 3.8) is 0 Å². The Kier molecular flexibility index (Phi) is 7.65. The Morgan fingerprint density at radius 1 is 0.981 bits per heavy atom. The number of benzene rings is 1. The Morgan fingerprint density at radius 2 is 1.68 bits per heavy atom. The first-order valence-corrected chi connectivity index (χ1v) is 16.9. The zero-order chi connectivity index (χ0) is 37.7. The van der Waals surface area contributed by atoms with Crippen LogP contribution in [0.25, 0.3) is 0 Å². The van der Waals surface area contributed by atoms with Crippen LogP contribution in [0.5, 0.6) is 0 Å². The number of aromatic carboxylic acids is 1. The van der Waals surface area contributed by atoms with Gasteiger partial charge in [-0.15, -0.1) is 0 Å². The molecule has 1 N–H and O–H groups in total. The predicted molar refractivity (Wildman–Crippen MR) is 167 cm³/mol. The van der Waals surface area contributed by atoms with E-state index >= 15 is 0 Å². The highest BCUT2D eigenvalue weighted by Gasteiger charge is 2.72. The van der Waals surface area contributed by atoms with E-state index in [1.165, 1.54) is 45.0 Å². The third-order valence-corrected chi connectivity index (χ3v) is 11.3. The number of carbonyl (C=O) groups excluding carboxylic acids is 2. The Hall–Kier alpha value is -5.23. The van der Waals surface area contributed by atoms with Crippen molar-refractivity contribution in [3.05, 3.63) is 83.0 Å². The molecule has 8 rings (SSSR count). The van der Waals surface area contributed by atoms with Crippen molar-refractivity contribution < 1.29 is 50.4 Å². The summed E-state index contributed by atoms with van der Waals surface area (Å²) in [6.07, 6.45) is -5.65. The minimum Gasteiger partial charge on any atom is -0.478 e. The fourth-order valence-electron chi connectivity index (χ4n) is 7.78. The summed E-state index contributed by atoms with van der Waals surface area (Å²) in [5, 5.41) is 22.1. The molecule has 1 aromatic carbocycles. The van der Waals surface area contributed by atoms with Gasteiger partial charge in [-0.3, -0.25) is 19.0 Å². The lowest BCUT2D eigenvalue weighted by Crippen LogP contribution is -2.64. The molecule has 19 heteroatoms. The predicted octanol–water partition coefficient (Wildman–Crippen LogP) is 4.82. The molecule has 5 heterocycles. The molecule has 1 spiro atoms. The van der Waals surface area contributed by atoms with Gasteiger partial charge in [-0.2, -0.15) is 41.5 Å². The lowest BCUT2D eigenvalue weighted by atomic mass is 9.70. The van der Waals surface area contributed by atoms with Crippen LogP contribution in [0.1, 0.15) is 88.3 Å². The lowest BCUT2D eigenvalue weighted by Gasteiger charge is -2.51. The maximum atomic E-state index is 13.9. The molecule has 2 atom stereocenters. The molecule has 2 aliphatic heterocycles. The van der Waals surface area contributed by atoms with Gasteiger partial charge in [0.2, 0.25) is 5.91 Å². The smallest absolute Gasteiger partial charge is 0.403 e. The number of aromatic nitrogens is 6. The molecule has 2 unspecified atom stereocenters. The van der Waals surface area contributed by atoms with E-state index in [0.29, 0.717) is 5.56 Å². The van der Waals surface area contributed by atoms with E-state index < -0.39 is 58.3 Å². The van der Waals surface area contributed by atoms with Crippen LogP contribution >= 0.6 is 0 Å². The molecule has 3 aromatic heterocycles. The van der Waals surface area contributed by atoms with Crippen LogP contribution < -0.4 is 0 Å². The summed E-state index contributed by atoms with van der Waals surface area (Å²) in [6.45, 7) is 1.57. The van der Waals surface area contributed by atoms with Gasteiger partial charge in [-0.25, -0.2) is 4.79 Å². The number of hydrogen-bond donors (Lipinski definition) is 1. The number of carboxylic acid groups (broad SMARTS) is 1. The zero-order valence-corrected chi connectivity index (χ0v) is 28.1. The molecule has 4 aliphatic rings. The van der Waals surface area contributed by atoms with Crippen molar-refractivity contribution in [2.45, 2.75) is 68.9 Å². The van der Waals surface area contributed by atoms with Gasteiger partial charge in [-0.1, -0.05) is 23.4 Å². The molecule has 280 valence electrons. The number of nitrogens with zero attached hydrogens (tertiary/aromatic N) is 8. The van der Waals surface area contributed by atoms with Crippen molar-refractivity contribution >= 4 is 17.8 Å². The second kappa shape index (κ2) is 11.6. The largest absolute Gasteiger partial charge is 0.478 e. The molecule has 4 aromatic rings. The summed E-state index contributed by atoms with van der Waals surface area (Å²) in [6, 6.07) is 6.90. The van der Waals surface area contributed by atoms with Crippen LogP contribution in [0.15, 0.2) is 53.4 Å². The van der Waals surface area contributed by atoms with E-state index in [4.69, 9.17) is 4.52 Å². The number of carboxylic acids is 1. The van der Waals surface area contributed by atoms with Crippen LogP contribution in [0, 0.1) is 10.8 Å². The van der Waals surface area contributed by atoms with Crippen molar-refractivity contribution in [3.8, 4) is 0 Å². The van der Waals surface area contributed by atoms with Gasteiger partial charge in [0.1, 0.15) is 16.9 Å². The van der Waals surface area contributed by atoms with E-state index in [9.17, 15) is 45.8 Å². The summed E-state index contributed by atoms with van der Waals surface area (Å²) >= 11 is 0. The molecule has 4 fully saturated rings. The normalized spacial score (nSPS) is 21.8. The SMILES string of the molecule is CC(c1nc(C2CN(C(=O)c3cnn(Cc4ccccc4C(=O)O)c3)CC23CN(C(=O)C2(C(F)(F)F)CC2)C3)no1)n1ccc(C2(C(F)(F)F)CC2)n1. The van der Waals surface area contributed by atoms with E-state index in [2.05, 4.69) is 20.3 Å². The first-order chi connectivity index (χ1) is 25.0. The van der Waals surface area contributed by atoms with Gasteiger partial charge in [0.05, 0.1) is 35.5 Å². The van der Waals surface area contributed by atoms with Gasteiger partial charge in [0, 0.05) is 44.0 Å². The number of carbonyl (C=O) groups is 3. The number of amides is 2. The number of halogens is 6. The summed E-state index contributed by atoms with van der Waals surface area (Å²) in [5.74, 6) is -3.10. The average Bonchev–Trinajstić information content (AvgIpc) is 3.80. The van der Waals surface area contributed by atoms with Crippen LogP contribution in [0.2, 0.25) is 0 Å². The topological polar surface area (TPSA) is 152 Å². The third kappa shape index (κ3) is 5.57. The minimum absolute atomic E-state index is 0.0195. The first kappa shape index (κ1) is 34.8. The number of rotatable bonds is 9. The van der Waals surface area contributed by atoms with Crippen molar-refractivity contribution in [1.29, 1.82) is 0 Å². The molecule has 2 saturated heterocycles. The summed E-state index contributed by atoms with van der Waals surface area (Å²) in [7, 11) is 0. The molecule has 13 nitrogen and oxygen atoms in total. The van der Waals surface area contributed by atoms with Gasteiger partial charge >= 0.3 is 18.3 Å². The molecular formula is C34H32F6N8O5. The fraction of sp³-hybridized carbons (Fsp3) is 0.500. The Labute approximate surface area is 296 Å². The highest BCUT2D eigenvalue weighted by atomic mass is 19.4. The van der Waals surface area contributed by atoms with Crippen molar-refractivity contribution in [1.82, 2.24) is 39.5 Å². The molecule has 0 bridgehead atoms. The second-order valence-corrected chi connectivity index (χ2v) is 14.7. The highest BCUT2D eigenvalue weighted by Crippen LogP contribution is 2.61. The van der Waals surface area contributed by atoms with Gasteiger partial charge in [0.15, 0.2) is 5.82 Å². The third-order valence-electron chi connectivity index (χ3n) is 11.3. The quantitative estimate of drug-likeness (QED) is 0.238. The number of alkyl halides is 6. The molecular weight excluding hydrogens is 714 g/mol. The minimum atomic E-state index is -4.70. The summed E-state index contributed by atoms with van der Waals surface area (Å²) < 4.78 is 90.9. The lowest BCUT2D eigenvalue weighted by molar-refractivity contribution is -0.204. The van der Waals surface area contributed by atoms with E-state index in [0.717, 1.165) is 4.90 Å². The van der Waals surface area contributed by atoms with Gasteiger partial charge in [0.25, 0.3) is 11.8 Å². The molecule has 0 radical (unpaired) electrons. The van der Waals surface area contributed by atoms with E-state index in [1.54, 1.807) is 25.1 Å². The molecule has 2 aliphatic carbocycles. The van der Waals surface area contributed by atoms with Gasteiger partial charge in [-0.05, 0) is 50.3 Å². The van der Waals surface area contributed by atoms with Crippen LogP contribution in [0.4, 0.5) is 26.3 Å². The fourth-order valence-corrected chi connectivity index (χ4v) is 7.78. The molecule has 53 heavy (non-hydrogen) atoms. The number of likely N-dealkylation sites (tertiary alicyclic amines) is 2. The Balaban J connectivity index is 1.04. The molecule has 2 saturated carbocycles. The summed E-state index contributed by atoms with van der Waals surface area (Å²) in [4.78, 5) is 45.8. The highest BCUT2D eigenvalue weighted by molar-refractivity contribution is 5.94. The van der Waals surface area contributed by atoms with Gasteiger partial charge < -0.3 is 19.4 Å². The van der Waals surface area contributed by atoms with Crippen LogP contribution in [-0.2, 0) is 16.8 Å². The number of hydrogen-bond acceptors (Lipinski definition) is 8. The zero-order valence-electron chi connectivity index (χ0n) is 28.1. The van der Waals surface area contributed by atoms with Crippen LogP contribution in [-0.4, -0.2) is 101 Å². The van der Waals surface area contributed by atoms with Crippen molar-refractivity contribution in [2.24, 2.45) is 10.8 Å². The van der Waals surface area contributed by atoms with E-state index in [1.807, 2.05) is 0 Å².